The maximum Gasteiger partial charge on any atom is 0.410 e. The number of amides is 1. The Balaban J connectivity index is 1.43. The Morgan fingerprint density at radius 3 is 2.47 bits per heavy atom. The fraction of sp³-hybridized carbons (Fsp3) is 0.381. The van der Waals surface area contributed by atoms with E-state index in [1.807, 2.05) is 30.3 Å². The lowest BCUT2D eigenvalue weighted by Gasteiger charge is -2.36. The van der Waals surface area contributed by atoms with E-state index in [2.05, 4.69) is 0 Å². The Labute approximate surface area is 172 Å². The molecule has 0 saturated carbocycles. The van der Waals surface area contributed by atoms with Crippen LogP contribution in [0.25, 0.3) is 0 Å². The van der Waals surface area contributed by atoms with Crippen molar-refractivity contribution in [3.63, 3.8) is 0 Å². The molecular formula is C21H22F3N3O3. The first kappa shape index (κ1) is 20.3. The van der Waals surface area contributed by atoms with E-state index in [1.165, 1.54) is 9.80 Å². The fourth-order valence-electron chi connectivity index (χ4n) is 3.72. The molecule has 160 valence electrons. The number of halogens is 3. The van der Waals surface area contributed by atoms with Gasteiger partial charge in [-0.15, -0.1) is 0 Å². The second kappa shape index (κ2) is 8.43. The zero-order valence-corrected chi connectivity index (χ0v) is 16.2. The Hall–Kier alpha value is -2.94. The van der Waals surface area contributed by atoms with Crippen LogP contribution >= 0.6 is 0 Å². The summed E-state index contributed by atoms with van der Waals surface area (Å²) in [6.07, 6.45) is -0.496. The largest absolute Gasteiger partial charge is 0.488 e. The van der Waals surface area contributed by atoms with Crippen molar-refractivity contribution in [2.75, 3.05) is 37.7 Å². The van der Waals surface area contributed by atoms with Gasteiger partial charge < -0.3 is 25.0 Å². The molecule has 9 heteroatoms. The smallest absolute Gasteiger partial charge is 0.410 e. The Morgan fingerprint density at radius 1 is 1.07 bits per heavy atom. The van der Waals surface area contributed by atoms with E-state index in [0.717, 1.165) is 5.56 Å². The second-order valence-corrected chi connectivity index (χ2v) is 7.39. The number of nitrogens with two attached hydrogens (primary N) is 1. The first-order valence-corrected chi connectivity index (χ1v) is 9.74. The predicted molar refractivity (Wildman–Crippen MR) is 104 cm³/mol. The van der Waals surface area contributed by atoms with Crippen molar-refractivity contribution >= 4 is 11.8 Å². The molecule has 1 saturated heterocycles. The Kier molecular flexibility index (Phi) is 5.72. The van der Waals surface area contributed by atoms with Gasteiger partial charge in [-0.05, 0) is 12.0 Å². The van der Waals surface area contributed by atoms with Crippen LogP contribution in [0.4, 0.5) is 23.7 Å². The highest BCUT2D eigenvalue weighted by molar-refractivity contribution is 5.68. The zero-order chi connectivity index (χ0) is 21.3. The van der Waals surface area contributed by atoms with Crippen molar-refractivity contribution in [1.82, 2.24) is 4.90 Å². The highest BCUT2D eigenvalue weighted by Gasteiger charge is 2.34. The number of anilines is 1. The lowest BCUT2D eigenvalue weighted by molar-refractivity contribution is 0.0940. The molecule has 0 bridgehead atoms. The standard InChI is InChI=1S/C21H22F3N3O3/c22-16-15-10-14(25)12-29-20(15)18(24)19(17(16)23)26-6-8-27(9-7-26)21(28)30-11-13-4-2-1-3-5-13/h1-5,14H,6-12,25H2/t14-/m1/s1. The molecule has 0 spiro atoms. The van der Waals surface area contributed by atoms with Gasteiger partial charge in [0.05, 0.1) is 0 Å². The third-order valence-electron chi connectivity index (χ3n) is 5.31. The molecule has 2 N–H and O–H groups in total. The van der Waals surface area contributed by atoms with Gasteiger partial charge in [0.25, 0.3) is 0 Å². The van der Waals surface area contributed by atoms with E-state index in [1.54, 1.807) is 0 Å². The van der Waals surface area contributed by atoms with E-state index in [0.29, 0.717) is 0 Å². The molecule has 0 aliphatic carbocycles. The zero-order valence-electron chi connectivity index (χ0n) is 16.2. The van der Waals surface area contributed by atoms with Crippen LogP contribution in [0, 0.1) is 17.5 Å². The summed E-state index contributed by atoms with van der Waals surface area (Å²) >= 11 is 0. The van der Waals surface area contributed by atoms with Gasteiger partial charge in [-0.2, -0.15) is 0 Å². The number of carbonyl (C=O) groups is 1. The first-order valence-electron chi connectivity index (χ1n) is 9.74. The topological polar surface area (TPSA) is 68.0 Å². The summed E-state index contributed by atoms with van der Waals surface area (Å²) < 4.78 is 54.7. The van der Waals surface area contributed by atoms with Gasteiger partial charge in [-0.25, -0.2) is 18.0 Å². The minimum Gasteiger partial charge on any atom is -0.488 e. The van der Waals surface area contributed by atoms with Gasteiger partial charge >= 0.3 is 6.09 Å². The van der Waals surface area contributed by atoms with E-state index < -0.39 is 35.3 Å². The van der Waals surface area contributed by atoms with Crippen molar-refractivity contribution in [3.05, 3.63) is 58.9 Å². The highest BCUT2D eigenvalue weighted by atomic mass is 19.2. The Bertz CT molecular complexity index is 934. The van der Waals surface area contributed by atoms with Gasteiger partial charge in [-0.1, -0.05) is 30.3 Å². The summed E-state index contributed by atoms with van der Waals surface area (Å²) in [6.45, 7) is 0.819. The molecule has 1 amide bonds. The quantitative estimate of drug-likeness (QED) is 0.772. The van der Waals surface area contributed by atoms with E-state index >= 15 is 0 Å². The molecule has 4 rings (SSSR count). The molecule has 2 aliphatic rings. The molecule has 0 unspecified atom stereocenters. The molecule has 2 aromatic carbocycles. The molecule has 0 aromatic heterocycles. The van der Waals surface area contributed by atoms with Crippen LogP contribution in [-0.2, 0) is 17.8 Å². The maximum atomic E-state index is 15.0. The molecule has 2 heterocycles. The summed E-state index contributed by atoms with van der Waals surface area (Å²) in [7, 11) is 0. The number of hydrogen-bond acceptors (Lipinski definition) is 5. The number of hydrogen-bond donors (Lipinski definition) is 1. The van der Waals surface area contributed by atoms with Gasteiger partial charge in [0.1, 0.15) is 18.9 Å². The lowest BCUT2D eigenvalue weighted by Crippen LogP contribution is -2.49. The highest BCUT2D eigenvalue weighted by Crippen LogP contribution is 2.39. The Morgan fingerprint density at radius 2 is 1.77 bits per heavy atom. The predicted octanol–water partition coefficient (Wildman–Crippen LogP) is 2.82. The van der Waals surface area contributed by atoms with E-state index in [-0.39, 0.29) is 57.1 Å². The first-order chi connectivity index (χ1) is 14.5. The summed E-state index contributed by atoms with van der Waals surface area (Å²) in [5.74, 6) is -3.61. The van der Waals surface area contributed by atoms with E-state index in [9.17, 15) is 18.0 Å². The average molecular weight is 421 g/mol. The SMILES string of the molecule is N[C@H]1COc2c(F)c(N3CCN(C(=O)OCc4ccccc4)CC3)c(F)c(F)c2C1. The van der Waals surface area contributed by atoms with Gasteiger partial charge in [0.2, 0.25) is 0 Å². The van der Waals surface area contributed by atoms with Crippen molar-refractivity contribution in [2.24, 2.45) is 5.73 Å². The monoisotopic (exact) mass is 421 g/mol. The van der Waals surface area contributed by atoms with Crippen molar-refractivity contribution < 1.29 is 27.4 Å². The molecule has 1 fully saturated rings. The van der Waals surface area contributed by atoms with Crippen LogP contribution < -0.4 is 15.4 Å². The summed E-state index contributed by atoms with van der Waals surface area (Å²) in [6, 6.07) is 8.74. The number of benzene rings is 2. The van der Waals surface area contributed by atoms with E-state index in [4.69, 9.17) is 15.2 Å². The van der Waals surface area contributed by atoms with Crippen LogP contribution in [-0.4, -0.2) is 49.8 Å². The van der Waals surface area contributed by atoms with Crippen LogP contribution in [0.3, 0.4) is 0 Å². The summed E-state index contributed by atoms with van der Waals surface area (Å²) in [4.78, 5) is 15.1. The fourth-order valence-corrected chi connectivity index (χ4v) is 3.72. The second-order valence-electron chi connectivity index (χ2n) is 7.39. The lowest BCUT2D eigenvalue weighted by atomic mass is 10.0. The maximum absolute atomic E-state index is 15.0. The number of carbonyl (C=O) groups excluding carboxylic acids is 1. The molecule has 0 radical (unpaired) electrons. The number of nitrogens with zero attached hydrogens (tertiary/aromatic N) is 2. The van der Waals surface area contributed by atoms with Gasteiger partial charge in [0.15, 0.2) is 23.2 Å². The van der Waals surface area contributed by atoms with Gasteiger partial charge in [0, 0.05) is 37.8 Å². The average Bonchev–Trinajstić information content (AvgIpc) is 2.77. The minimum absolute atomic E-state index is 0.0102. The third-order valence-corrected chi connectivity index (χ3v) is 5.31. The number of ether oxygens (including phenoxy) is 2. The number of piperazine rings is 1. The minimum atomic E-state index is -1.26. The number of rotatable bonds is 3. The summed E-state index contributed by atoms with van der Waals surface area (Å²) in [5.41, 5.74) is 5.92. The molecule has 30 heavy (non-hydrogen) atoms. The normalized spacial score (nSPS) is 18.6. The molecule has 2 aliphatic heterocycles. The van der Waals surface area contributed by atoms with Crippen LogP contribution in [0.15, 0.2) is 30.3 Å². The molecular weight excluding hydrogens is 399 g/mol. The van der Waals surface area contributed by atoms with Crippen molar-refractivity contribution in [1.29, 1.82) is 0 Å². The van der Waals surface area contributed by atoms with Crippen LogP contribution in [0.2, 0.25) is 0 Å². The molecule has 6 nitrogen and oxygen atoms in total. The number of fused-ring (bicyclic) bond motifs is 1. The van der Waals surface area contributed by atoms with Crippen LogP contribution in [0.5, 0.6) is 5.75 Å². The molecule has 1 atom stereocenters. The third kappa shape index (κ3) is 3.89. The summed E-state index contributed by atoms with van der Waals surface area (Å²) in [5, 5.41) is 0. The van der Waals surface area contributed by atoms with Crippen molar-refractivity contribution in [2.45, 2.75) is 19.1 Å². The molecule has 2 aromatic rings. The van der Waals surface area contributed by atoms with Crippen LogP contribution in [0.1, 0.15) is 11.1 Å². The van der Waals surface area contributed by atoms with Gasteiger partial charge in [-0.3, -0.25) is 0 Å². The van der Waals surface area contributed by atoms with Crippen molar-refractivity contribution in [3.8, 4) is 5.75 Å².